The molecule has 2 rings (SSSR count). The molecule has 0 saturated carbocycles. The Hall–Kier alpha value is -0.900. The van der Waals surface area contributed by atoms with E-state index in [1.54, 1.807) is 0 Å². The predicted molar refractivity (Wildman–Crippen MR) is 81.4 cm³/mol. The summed E-state index contributed by atoms with van der Waals surface area (Å²) in [4.78, 5) is 5.14. The number of rotatable bonds is 5. The average molecular weight is 261 g/mol. The van der Waals surface area contributed by atoms with Gasteiger partial charge in [-0.3, -0.25) is 9.80 Å². The fourth-order valence-electron chi connectivity index (χ4n) is 2.77. The lowest BCUT2D eigenvalue weighted by atomic mass is 10.1. The molecule has 1 unspecified atom stereocenters. The summed E-state index contributed by atoms with van der Waals surface area (Å²) >= 11 is 0. The van der Waals surface area contributed by atoms with Crippen LogP contribution in [0.25, 0.3) is 0 Å². The van der Waals surface area contributed by atoms with Gasteiger partial charge in [-0.05, 0) is 26.5 Å². The quantitative estimate of drug-likeness (QED) is 0.874. The SMILES string of the molecule is CNC(CN1CCN(C(C)C)CC1)c1ccccc1. The minimum atomic E-state index is 0.437. The molecule has 1 aliphatic rings. The lowest BCUT2D eigenvalue weighted by molar-refractivity contribution is 0.102. The summed E-state index contributed by atoms with van der Waals surface area (Å²) < 4.78 is 0. The summed E-state index contributed by atoms with van der Waals surface area (Å²) in [5.74, 6) is 0. The second-order valence-electron chi connectivity index (χ2n) is 5.68. The number of hydrogen-bond acceptors (Lipinski definition) is 3. The van der Waals surface area contributed by atoms with Crippen LogP contribution in [-0.4, -0.2) is 55.6 Å². The lowest BCUT2D eigenvalue weighted by Gasteiger charge is -2.38. The Morgan fingerprint density at radius 1 is 1.05 bits per heavy atom. The maximum Gasteiger partial charge on any atom is 0.0446 e. The zero-order valence-corrected chi connectivity index (χ0v) is 12.5. The highest BCUT2D eigenvalue weighted by Crippen LogP contribution is 2.15. The van der Waals surface area contributed by atoms with Crippen molar-refractivity contribution >= 4 is 0 Å². The van der Waals surface area contributed by atoms with E-state index in [0.29, 0.717) is 12.1 Å². The third kappa shape index (κ3) is 4.03. The van der Waals surface area contributed by atoms with Crippen LogP contribution in [0, 0.1) is 0 Å². The largest absolute Gasteiger partial charge is 0.312 e. The van der Waals surface area contributed by atoms with Crippen LogP contribution < -0.4 is 5.32 Å². The number of hydrogen-bond donors (Lipinski definition) is 1. The Labute approximate surface area is 117 Å². The summed E-state index contributed by atoms with van der Waals surface area (Å²) in [5, 5.41) is 3.44. The molecule has 0 bridgehead atoms. The minimum absolute atomic E-state index is 0.437. The summed E-state index contributed by atoms with van der Waals surface area (Å²) in [5.41, 5.74) is 1.39. The standard InChI is InChI=1S/C16H27N3/c1-14(2)19-11-9-18(10-12-19)13-16(17-3)15-7-5-4-6-8-15/h4-8,14,16-17H,9-13H2,1-3H3. The molecule has 0 radical (unpaired) electrons. The first kappa shape index (κ1) is 14.5. The molecule has 3 heteroatoms. The molecular formula is C16H27N3. The zero-order chi connectivity index (χ0) is 13.7. The van der Waals surface area contributed by atoms with Crippen LogP contribution in [0.2, 0.25) is 0 Å². The Balaban J connectivity index is 1.87. The fraction of sp³-hybridized carbons (Fsp3) is 0.625. The first-order valence-corrected chi connectivity index (χ1v) is 7.39. The average Bonchev–Trinajstić information content (AvgIpc) is 2.46. The first-order chi connectivity index (χ1) is 9.20. The molecule has 0 spiro atoms. The molecule has 0 aromatic heterocycles. The van der Waals surface area contributed by atoms with Gasteiger partial charge in [-0.25, -0.2) is 0 Å². The molecule has 0 amide bonds. The Kier molecular flexibility index (Phi) is 5.37. The van der Waals surface area contributed by atoms with Gasteiger partial charge >= 0.3 is 0 Å². The second kappa shape index (κ2) is 7.04. The van der Waals surface area contributed by atoms with Crippen molar-refractivity contribution in [3.63, 3.8) is 0 Å². The molecular weight excluding hydrogens is 234 g/mol. The molecule has 1 fully saturated rings. The molecule has 19 heavy (non-hydrogen) atoms. The summed E-state index contributed by atoms with van der Waals surface area (Å²) in [6.07, 6.45) is 0. The van der Waals surface area contributed by atoms with Gasteiger partial charge in [-0.2, -0.15) is 0 Å². The maximum atomic E-state index is 3.44. The number of nitrogens with one attached hydrogen (secondary N) is 1. The van der Waals surface area contributed by atoms with E-state index < -0.39 is 0 Å². The van der Waals surface area contributed by atoms with Gasteiger partial charge in [0.15, 0.2) is 0 Å². The smallest absolute Gasteiger partial charge is 0.0446 e. The van der Waals surface area contributed by atoms with Crippen molar-refractivity contribution in [3.8, 4) is 0 Å². The van der Waals surface area contributed by atoms with Crippen molar-refractivity contribution < 1.29 is 0 Å². The van der Waals surface area contributed by atoms with Gasteiger partial charge in [-0.1, -0.05) is 30.3 Å². The van der Waals surface area contributed by atoms with Gasteiger partial charge in [0.05, 0.1) is 0 Å². The van der Waals surface area contributed by atoms with Gasteiger partial charge in [0, 0.05) is 44.8 Å². The molecule has 3 nitrogen and oxygen atoms in total. The summed E-state index contributed by atoms with van der Waals surface area (Å²) in [7, 11) is 2.06. The second-order valence-corrected chi connectivity index (χ2v) is 5.68. The maximum absolute atomic E-state index is 3.44. The van der Waals surface area contributed by atoms with Gasteiger partial charge < -0.3 is 5.32 Å². The number of nitrogens with zero attached hydrogens (tertiary/aromatic N) is 2. The van der Waals surface area contributed by atoms with E-state index in [1.165, 1.54) is 31.7 Å². The minimum Gasteiger partial charge on any atom is -0.312 e. The van der Waals surface area contributed by atoms with Crippen molar-refractivity contribution in [2.75, 3.05) is 39.8 Å². The summed E-state index contributed by atoms with van der Waals surface area (Å²) in [6, 6.07) is 11.9. The molecule has 1 aromatic carbocycles. The van der Waals surface area contributed by atoms with Crippen LogP contribution in [0.5, 0.6) is 0 Å². The fourth-order valence-corrected chi connectivity index (χ4v) is 2.77. The highest BCUT2D eigenvalue weighted by atomic mass is 15.3. The third-order valence-corrected chi connectivity index (χ3v) is 4.13. The topological polar surface area (TPSA) is 18.5 Å². The van der Waals surface area contributed by atoms with Crippen LogP contribution in [0.4, 0.5) is 0 Å². The Morgan fingerprint density at radius 3 is 2.21 bits per heavy atom. The highest BCUT2D eigenvalue weighted by molar-refractivity contribution is 5.19. The molecule has 1 heterocycles. The molecule has 1 N–H and O–H groups in total. The molecule has 1 saturated heterocycles. The Bertz CT molecular complexity index is 356. The van der Waals surface area contributed by atoms with Crippen molar-refractivity contribution in [1.82, 2.24) is 15.1 Å². The monoisotopic (exact) mass is 261 g/mol. The van der Waals surface area contributed by atoms with E-state index in [-0.39, 0.29) is 0 Å². The van der Waals surface area contributed by atoms with Crippen molar-refractivity contribution in [2.24, 2.45) is 0 Å². The summed E-state index contributed by atoms with van der Waals surface area (Å²) in [6.45, 7) is 10.4. The predicted octanol–water partition coefficient (Wildman–Crippen LogP) is 1.97. The van der Waals surface area contributed by atoms with Gasteiger partial charge in [0.25, 0.3) is 0 Å². The van der Waals surface area contributed by atoms with E-state index in [1.807, 2.05) is 0 Å². The van der Waals surface area contributed by atoms with E-state index in [9.17, 15) is 0 Å². The van der Waals surface area contributed by atoms with Crippen molar-refractivity contribution in [1.29, 1.82) is 0 Å². The van der Waals surface area contributed by atoms with Gasteiger partial charge in [0.1, 0.15) is 0 Å². The number of piperazine rings is 1. The van der Waals surface area contributed by atoms with Crippen LogP contribution >= 0.6 is 0 Å². The van der Waals surface area contributed by atoms with Crippen molar-refractivity contribution in [2.45, 2.75) is 25.9 Å². The van der Waals surface area contributed by atoms with Crippen LogP contribution in [0.1, 0.15) is 25.5 Å². The van der Waals surface area contributed by atoms with E-state index in [0.717, 1.165) is 6.54 Å². The molecule has 1 aromatic rings. The Morgan fingerprint density at radius 2 is 1.68 bits per heavy atom. The zero-order valence-electron chi connectivity index (χ0n) is 12.5. The van der Waals surface area contributed by atoms with E-state index >= 15 is 0 Å². The van der Waals surface area contributed by atoms with E-state index in [4.69, 9.17) is 0 Å². The molecule has 1 atom stereocenters. The lowest BCUT2D eigenvalue weighted by Crippen LogP contribution is -2.50. The van der Waals surface area contributed by atoms with Crippen LogP contribution in [0.15, 0.2) is 30.3 Å². The highest BCUT2D eigenvalue weighted by Gasteiger charge is 2.21. The number of benzene rings is 1. The van der Waals surface area contributed by atoms with Gasteiger partial charge in [0.2, 0.25) is 0 Å². The van der Waals surface area contributed by atoms with E-state index in [2.05, 4.69) is 66.3 Å². The third-order valence-electron chi connectivity index (χ3n) is 4.13. The first-order valence-electron chi connectivity index (χ1n) is 7.39. The van der Waals surface area contributed by atoms with Gasteiger partial charge in [-0.15, -0.1) is 0 Å². The molecule has 0 aliphatic carbocycles. The molecule has 1 aliphatic heterocycles. The van der Waals surface area contributed by atoms with Crippen LogP contribution in [-0.2, 0) is 0 Å². The van der Waals surface area contributed by atoms with Crippen LogP contribution in [0.3, 0.4) is 0 Å². The van der Waals surface area contributed by atoms with Crippen molar-refractivity contribution in [3.05, 3.63) is 35.9 Å². The number of likely N-dealkylation sites (N-methyl/N-ethyl adjacent to an activating group) is 1. The molecule has 106 valence electrons. The normalized spacial score (nSPS) is 19.8.